The minimum atomic E-state index is 0.487. The van der Waals surface area contributed by atoms with Crippen molar-refractivity contribution in [2.45, 2.75) is 18.9 Å². The summed E-state index contributed by atoms with van der Waals surface area (Å²) in [5.74, 6) is 1.48. The van der Waals surface area contributed by atoms with Gasteiger partial charge in [0.25, 0.3) is 0 Å². The number of hydrogen-bond acceptors (Lipinski definition) is 3. The van der Waals surface area contributed by atoms with Crippen LogP contribution in [0.5, 0.6) is 0 Å². The highest BCUT2D eigenvalue weighted by Crippen LogP contribution is 2.33. The summed E-state index contributed by atoms with van der Waals surface area (Å²) in [5.41, 5.74) is 4.87. The fourth-order valence-corrected chi connectivity index (χ4v) is 3.71. The maximum absolute atomic E-state index is 4.78. The summed E-state index contributed by atoms with van der Waals surface area (Å²) >= 11 is 0. The van der Waals surface area contributed by atoms with Gasteiger partial charge in [-0.15, -0.1) is 0 Å². The molecule has 2 heterocycles. The van der Waals surface area contributed by atoms with Crippen LogP contribution in [0.15, 0.2) is 48.5 Å². The first-order chi connectivity index (χ1) is 11.6. The summed E-state index contributed by atoms with van der Waals surface area (Å²) in [6.07, 6.45) is 0. The molecule has 4 heteroatoms. The number of aromatic nitrogens is 2. The molecule has 1 aromatic heterocycles. The molecule has 0 saturated carbocycles. The molecule has 4 nitrogen and oxygen atoms in total. The highest BCUT2D eigenvalue weighted by atomic mass is 15.3. The highest BCUT2D eigenvalue weighted by molar-refractivity contribution is 5.77. The molecule has 0 spiro atoms. The molecule has 0 amide bonds. The number of likely N-dealkylation sites (N-methyl/N-ethyl adjacent to an activating group) is 1. The molecule has 0 unspecified atom stereocenters. The molecule has 0 radical (unpaired) electrons. The first-order valence-electron chi connectivity index (χ1n) is 8.54. The molecular weight excluding hydrogens is 296 g/mol. The van der Waals surface area contributed by atoms with E-state index in [1.165, 1.54) is 11.1 Å². The number of anilines is 1. The van der Waals surface area contributed by atoms with E-state index in [-0.39, 0.29) is 0 Å². The molecule has 4 rings (SSSR count). The van der Waals surface area contributed by atoms with Crippen LogP contribution >= 0.6 is 0 Å². The van der Waals surface area contributed by atoms with E-state index in [0.717, 1.165) is 30.1 Å². The average Bonchev–Trinajstić information content (AvgIpc) is 3.19. The van der Waals surface area contributed by atoms with Crippen molar-refractivity contribution in [3.63, 3.8) is 0 Å². The molecule has 124 valence electrons. The van der Waals surface area contributed by atoms with Gasteiger partial charge >= 0.3 is 0 Å². The summed E-state index contributed by atoms with van der Waals surface area (Å²) in [4.78, 5) is 13.0. The average molecular weight is 320 g/mol. The standard InChI is InChI=1S/C20H24N4/c1-14-8-10-15(11-9-14)16-12-24(13-19(16)23(2)3)20-21-17-6-4-5-7-18(17)22-20/h4-11,16,19H,12-13H2,1-3H3,(H,21,22)/t16-,19+/m0/s1. The van der Waals surface area contributed by atoms with Gasteiger partial charge in [0.2, 0.25) is 5.95 Å². The predicted molar refractivity (Wildman–Crippen MR) is 99.7 cm³/mol. The van der Waals surface area contributed by atoms with Crippen molar-refractivity contribution in [3.8, 4) is 0 Å². The lowest BCUT2D eigenvalue weighted by Gasteiger charge is -2.25. The second kappa shape index (κ2) is 5.95. The lowest BCUT2D eigenvalue weighted by atomic mass is 9.93. The lowest BCUT2D eigenvalue weighted by Crippen LogP contribution is -2.34. The first-order valence-corrected chi connectivity index (χ1v) is 8.54. The first kappa shape index (κ1) is 15.2. The zero-order chi connectivity index (χ0) is 16.7. The Labute approximate surface area is 143 Å². The number of H-pyrrole nitrogens is 1. The Bertz CT molecular complexity index is 801. The van der Waals surface area contributed by atoms with Crippen LogP contribution < -0.4 is 4.90 Å². The number of para-hydroxylation sites is 2. The van der Waals surface area contributed by atoms with Crippen LogP contribution in [-0.2, 0) is 0 Å². The fraction of sp³-hybridized carbons (Fsp3) is 0.350. The fourth-order valence-electron chi connectivity index (χ4n) is 3.71. The molecule has 1 N–H and O–H groups in total. The monoisotopic (exact) mass is 320 g/mol. The molecule has 1 saturated heterocycles. The normalized spacial score (nSPS) is 21.1. The number of rotatable bonds is 3. The van der Waals surface area contributed by atoms with Crippen molar-refractivity contribution >= 4 is 17.0 Å². The summed E-state index contributed by atoms with van der Waals surface area (Å²) in [5, 5.41) is 0. The SMILES string of the molecule is Cc1ccc([C@@H]2CN(c3nc4ccccc4[nH]3)C[C@H]2N(C)C)cc1. The smallest absolute Gasteiger partial charge is 0.203 e. The van der Waals surface area contributed by atoms with Crippen molar-refractivity contribution in [2.75, 3.05) is 32.1 Å². The van der Waals surface area contributed by atoms with Crippen LogP contribution in [-0.4, -0.2) is 48.1 Å². The van der Waals surface area contributed by atoms with Gasteiger partial charge in [-0.2, -0.15) is 0 Å². The number of hydrogen-bond donors (Lipinski definition) is 1. The molecule has 0 bridgehead atoms. The van der Waals surface area contributed by atoms with Crippen LogP contribution in [0.3, 0.4) is 0 Å². The van der Waals surface area contributed by atoms with E-state index in [1.807, 2.05) is 12.1 Å². The third-order valence-corrected chi connectivity index (χ3v) is 5.13. The van der Waals surface area contributed by atoms with E-state index in [1.54, 1.807) is 0 Å². The van der Waals surface area contributed by atoms with E-state index in [4.69, 9.17) is 4.98 Å². The number of aromatic amines is 1. The summed E-state index contributed by atoms with van der Waals surface area (Å²) < 4.78 is 0. The Hall–Kier alpha value is -2.33. The van der Waals surface area contributed by atoms with Gasteiger partial charge < -0.3 is 14.8 Å². The topological polar surface area (TPSA) is 35.2 Å². The number of aryl methyl sites for hydroxylation is 1. The third kappa shape index (κ3) is 2.67. The van der Waals surface area contributed by atoms with Crippen LogP contribution in [0.25, 0.3) is 11.0 Å². The molecule has 2 aromatic carbocycles. The summed E-state index contributed by atoms with van der Waals surface area (Å²) in [7, 11) is 4.35. The number of imidazole rings is 1. The molecule has 3 aromatic rings. The number of nitrogens with zero attached hydrogens (tertiary/aromatic N) is 3. The molecule has 2 atom stereocenters. The molecular formula is C20H24N4. The minimum absolute atomic E-state index is 0.487. The Morgan fingerprint density at radius 2 is 1.79 bits per heavy atom. The van der Waals surface area contributed by atoms with Crippen LogP contribution in [0.1, 0.15) is 17.0 Å². The predicted octanol–water partition coefficient (Wildman–Crippen LogP) is 3.41. The van der Waals surface area contributed by atoms with Crippen LogP contribution in [0.4, 0.5) is 5.95 Å². The summed E-state index contributed by atoms with van der Waals surface area (Å²) in [6, 6.07) is 17.7. The van der Waals surface area contributed by atoms with E-state index in [0.29, 0.717) is 12.0 Å². The Morgan fingerprint density at radius 1 is 1.04 bits per heavy atom. The number of fused-ring (bicyclic) bond motifs is 1. The van der Waals surface area contributed by atoms with Gasteiger partial charge in [-0.1, -0.05) is 42.0 Å². The highest BCUT2D eigenvalue weighted by Gasteiger charge is 2.36. The molecule has 0 aliphatic carbocycles. The van der Waals surface area contributed by atoms with Gasteiger partial charge in [0.05, 0.1) is 11.0 Å². The van der Waals surface area contributed by atoms with E-state index in [2.05, 4.69) is 72.2 Å². The molecule has 1 fully saturated rings. The third-order valence-electron chi connectivity index (χ3n) is 5.13. The van der Waals surface area contributed by atoms with Gasteiger partial charge in [0.15, 0.2) is 0 Å². The largest absolute Gasteiger partial charge is 0.340 e. The van der Waals surface area contributed by atoms with Crippen molar-refractivity contribution < 1.29 is 0 Å². The van der Waals surface area contributed by atoms with Crippen molar-refractivity contribution in [3.05, 3.63) is 59.7 Å². The molecule has 1 aliphatic rings. The zero-order valence-electron chi connectivity index (χ0n) is 14.5. The zero-order valence-corrected chi connectivity index (χ0v) is 14.5. The van der Waals surface area contributed by atoms with Crippen molar-refractivity contribution in [2.24, 2.45) is 0 Å². The van der Waals surface area contributed by atoms with E-state index >= 15 is 0 Å². The second-order valence-electron chi connectivity index (χ2n) is 7.03. The Kier molecular flexibility index (Phi) is 3.77. The van der Waals surface area contributed by atoms with Crippen LogP contribution in [0.2, 0.25) is 0 Å². The Morgan fingerprint density at radius 3 is 2.50 bits per heavy atom. The van der Waals surface area contributed by atoms with Crippen LogP contribution in [0, 0.1) is 6.92 Å². The quantitative estimate of drug-likeness (QED) is 0.803. The lowest BCUT2D eigenvalue weighted by molar-refractivity contribution is 0.292. The second-order valence-corrected chi connectivity index (χ2v) is 7.03. The molecule has 24 heavy (non-hydrogen) atoms. The minimum Gasteiger partial charge on any atom is -0.340 e. The van der Waals surface area contributed by atoms with Gasteiger partial charge in [-0.3, -0.25) is 0 Å². The van der Waals surface area contributed by atoms with Gasteiger partial charge in [0, 0.05) is 25.0 Å². The van der Waals surface area contributed by atoms with Gasteiger partial charge in [0.1, 0.15) is 0 Å². The Balaban J connectivity index is 1.65. The number of nitrogens with one attached hydrogen (secondary N) is 1. The maximum Gasteiger partial charge on any atom is 0.203 e. The summed E-state index contributed by atoms with van der Waals surface area (Å²) in [6.45, 7) is 4.12. The van der Waals surface area contributed by atoms with Gasteiger partial charge in [-0.05, 0) is 38.7 Å². The van der Waals surface area contributed by atoms with E-state index < -0.39 is 0 Å². The maximum atomic E-state index is 4.78. The molecule has 1 aliphatic heterocycles. The number of benzene rings is 2. The van der Waals surface area contributed by atoms with Gasteiger partial charge in [-0.25, -0.2) is 4.98 Å². The van der Waals surface area contributed by atoms with Crippen molar-refractivity contribution in [1.29, 1.82) is 0 Å². The van der Waals surface area contributed by atoms with Crippen molar-refractivity contribution in [1.82, 2.24) is 14.9 Å². The van der Waals surface area contributed by atoms with E-state index in [9.17, 15) is 0 Å².